The second-order valence-electron chi connectivity index (χ2n) is 35.4. The summed E-state index contributed by atoms with van der Waals surface area (Å²) < 4.78 is 0. The highest BCUT2D eigenvalue weighted by Crippen LogP contribution is 2.57. The fourth-order valence-electron chi connectivity index (χ4n) is 16.9. The second kappa shape index (κ2) is 18.8. The molecule has 7 aromatic carbocycles. The van der Waals surface area contributed by atoms with Gasteiger partial charge in [-0.15, -0.1) is 0 Å². The van der Waals surface area contributed by atoms with Crippen molar-refractivity contribution in [3.05, 3.63) is 177 Å². The quantitative estimate of drug-likeness (QED) is 0.159. The summed E-state index contributed by atoms with van der Waals surface area (Å²) in [5.74, 6) is 0. The van der Waals surface area contributed by atoms with Crippen molar-refractivity contribution in [2.75, 3.05) is 14.7 Å². The zero-order chi connectivity index (χ0) is 61.8. The molecule has 2 aliphatic heterocycles. The van der Waals surface area contributed by atoms with Crippen LogP contribution in [-0.2, 0) is 54.1 Å². The predicted octanol–water partition coefficient (Wildman–Crippen LogP) is 21.2. The van der Waals surface area contributed by atoms with Gasteiger partial charge in [0.1, 0.15) is 0 Å². The molecule has 0 atom stereocenters. The molecule has 3 nitrogen and oxygen atoms in total. The topological polar surface area (TPSA) is 9.72 Å². The summed E-state index contributed by atoms with van der Waals surface area (Å²) in [6, 6.07) is 50.6. The average molecular weight is 1140 g/mol. The summed E-state index contributed by atoms with van der Waals surface area (Å²) in [5.41, 5.74) is 30.2. The second-order valence-corrected chi connectivity index (χ2v) is 35.4. The molecular formula is C82H102BN3. The SMILES string of the molecule is CC(C)(C)c1cccc(N(c2cccc(C(C)(C)C)c2)c2cc3c4c(c2)N(c2ccc5c(c2)C(C)(C)CCC5(C)C)c2cc5c(cc2B4c2cc4c(cc2N3c2ccc3c(c2)C(C)(C)CCC3(C)C)C(C)(C)CCC4(C)C)C(C)(C)CCC5(C)C)c1. The van der Waals surface area contributed by atoms with Crippen molar-refractivity contribution < 1.29 is 0 Å². The maximum Gasteiger partial charge on any atom is 0.252 e. The smallest absolute Gasteiger partial charge is 0.252 e. The first kappa shape index (κ1) is 59.0. The highest BCUT2D eigenvalue weighted by molar-refractivity contribution is 7.00. The highest BCUT2D eigenvalue weighted by atomic mass is 15.2. The first-order valence-electron chi connectivity index (χ1n) is 33.3. The largest absolute Gasteiger partial charge is 0.311 e. The van der Waals surface area contributed by atoms with Crippen LogP contribution in [0, 0.1) is 0 Å². The summed E-state index contributed by atoms with van der Waals surface area (Å²) in [5, 5.41) is 0. The first-order chi connectivity index (χ1) is 39.8. The fraction of sp³-hybridized carbons (Fsp3) is 0.488. The van der Waals surface area contributed by atoms with Crippen LogP contribution in [0.3, 0.4) is 0 Å². The Hall–Kier alpha value is -6.00. The molecule has 0 aromatic heterocycles. The zero-order valence-electron chi connectivity index (χ0n) is 57.1. The van der Waals surface area contributed by atoms with Crippen LogP contribution >= 0.6 is 0 Å². The molecule has 13 rings (SSSR count). The summed E-state index contributed by atoms with van der Waals surface area (Å²) in [7, 11) is 0. The van der Waals surface area contributed by atoms with Gasteiger partial charge in [0.05, 0.1) is 5.69 Å². The molecule has 0 saturated carbocycles. The third kappa shape index (κ3) is 9.22. The van der Waals surface area contributed by atoms with Gasteiger partial charge in [0, 0.05) is 45.5 Å². The van der Waals surface area contributed by atoms with Gasteiger partial charge in [-0.2, -0.15) is 0 Å². The molecule has 0 bridgehead atoms. The first-order valence-corrected chi connectivity index (χ1v) is 33.3. The third-order valence-corrected chi connectivity index (χ3v) is 23.4. The minimum Gasteiger partial charge on any atom is -0.311 e. The number of anilines is 9. The molecule has 2 heterocycles. The van der Waals surface area contributed by atoms with E-state index in [0.717, 1.165) is 44.2 Å². The van der Waals surface area contributed by atoms with E-state index in [4.69, 9.17) is 0 Å². The summed E-state index contributed by atoms with van der Waals surface area (Å²) in [6.45, 7) is 54.2. The predicted molar refractivity (Wildman–Crippen MR) is 374 cm³/mol. The maximum atomic E-state index is 2.78. The minimum atomic E-state index is -0.0580. The Labute approximate surface area is 520 Å². The molecule has 6 aliphatic rings. The van der Waals surface area contributed by atoms with Gasteiger partial charge in [-0.1, -0.05) is 201 Å². The summed E-state index contributed by atoms with van der Waals surface area (Å²) in [4.78, 5) is 8.19. The Bertz CT molecular complexity index is 3700. The lowest BCUT2D eigenvalue weighted by Crippen LogP contribution is -2.62. The number of nitrogens with zero attached hydrogens (tertiary/aromatic N) is 3. The number of hydrogen-bond donors (Lipinski definition) is 0. The van der Waals surface area contributed by atoms with Crippen molar-refractivity contribution >= 4 is 74.3 Å². The van der Waals surface area contributed by atoms with Crippen molar-refractivity contribution in [2.24, 2.45) is 0 Å². The average Bonchev–Trinajstić information content (AvgIpc) is 0.687. The molecule has 4 heteroatoms. The van der Waals surface area contributed by atoms with Gasteiger partial charge in [0.25, 0.3) is 6.71 Å². The monoisotopic (exact) mass is 1140 g/mol. The van der Waals surface area contributed by atoms with Crippen molar-refractivity contribution in [3.8, 4) is 0 Å². The van der Waals surface area contributed by atoms with Gasteiger partial charge in [-0.05, 0) is 250 Å². The van der Waals surface area contributed by atoms with E-state index in [-0.39, 0.29) is 60.9 Å². The Morgan fingerprint density at radius 1 is 0.314 bits per heavy atom. The standard InChI is InChI=1S/C82H102BN3/c1-73(2,3)51-25-23-27-53(41-51)84(54-28-24-26-52(42-54)74(4,5)6)57-45-70-72-71(46-57)86(56-30-32-59-61(44-56)78(13,14)36-34-76(59,9)10)69-50-65-63(80(17,18)38-40-82(65,21)22)48-67(69)83(72)66-47-62-64(81(19,20)39-37-79(62,15)16)49-68(66)85(70)55-29-31-58-60(43-55)77(11,12)35-33-75(58,7)8/h23-32,41-50H,33-40H2,1-22H3. The van der Waals surface area contributed by atoms with Crippen molar-refractivity contribution in [1.29, 1.82) is 0 Å². The number of benzene rings is 7. The lowest BCUT2D eigenvalue weighted by atomic mass is 9.32. The summed E-state index contributed by atoms with van der Waals surface area (Å²) in [6.07, 6.45) is 9.31. The van der Waals surface area contributed by atoms with Crippen molar-refractivity contribution in [2.45, 2.75) is 258 Å². The molecule has 0 amide bonds. The zero-order valence-corrected chi connectivity index (χ0v) is 57.1. The minimum absolute atomic E-state index is 0.00160. The van der Waals surface area contributed by atoms with Gasteiger partial charge >= 0.3 is 0 Å². The highest BCUT2D eigenvalue weighted by Gasteiger charge is 2.50. The van der Waals surface area contributed by atoms with E-state index in [1.807, 2.05) is 0 Å². The third-order valence-electron chi connectivity index (χ3n) is 23.4. The van der Waals surface area contributed by atoms with Gasteiger partial charge < -0.3 is 14.7 Å². The van der Waals surface area contributed by atoms with Crippen LogP contribution in [0.5, 0.6) is 0 Å². The van der Waals surface area contributed by atoms with Crippen molar-refractivity contribution in [3.63, 3.8) is 0 Å². The Kier molecular flexibility index (Phi) is 12.9. The van der Waals surface area contributed by atoms with E-state index >= 15 is 0 Å². The van der Waals surface area contributed by atoms with E-state index in [1.54, 1.807) is 0 Å². The maximum absolute atomic E-state index is 2.78. The van der Waals surface area contributed by atoms with Gasteiger partial charge in [0.15, 0.2) is 0 Å². The molecule has 0 unspecified atom stereocenters. The number of fused-ring (bicyclic) bond motifs is 8. The lowest BCUT2D eigenvalue weighted by Gasteiger charge is -2.49. The van der Waals surface area contributed by atoms with E-state index in [0.29, 0.717) is 0 Å². The lowest BCUT2D eigenvalue weighted by molar-refractivity contribution is 0.332. The molecule has 0 spiro atoms. The van der Waals surface area contributed by atoms with Crippen LogP contribution in [-0.4, -0.2) is 6.71 Å². The van der Waals surface area contributed by atoms with Gasteiger partial charge in [0.2, 0.25) is 0 Å². The van der Waals surface area contributed by atoms with Crippen LogP contribution in [0.25, 0.3) is 0 Å². The summed E-state index contributed by atoms with van der Waals surface area (Å²) >= 11 is 0. The Morgan fingerprint density at radius 3 is 0.942 bits per heavy atom. The molecule has 0 saturated heterocycles. The normalized spacial score (nSPS) is 21.0. The van der Waals surface area contributed by atoms with E-state index in [2.05, 4.69) is 288 Å². The van der Waals surface area contributed by atoms with E-state index < -0.39 is 0 Å². The molecule has 0 radical (unpaired) electrons. The molecule has 0 N–H and O–H groups in total. The van der Waals surface area contributed by atoms with E-state index in [9.17, 15) is 0 Å². The molecule has 4 aliphatic carbocycles. The molecule has 448 valence electrons. The van der Waals surface area contributed by atoms with E-state index in [1.165, 1.54) is 130 Å². The van der Waals surface area contributed by atoms with Gasteiger partial charge in [-0.3, -0.25) is 0 Å². The Morgan fingerprint density at radius 2 is 0.616 bits per heavy atom. The molecule has 0 fully saturated rings. The molecule has 7 aromatic rings. The van der Waals surface area contributed by atoms with Crippen molar-refractivity contribution in [1.82, 2.24) is 0 Å². The van der Waals surface area contributed by atoms with Gasteiger partial charge in [-0.25, -0.2) is 0 Å². The number of rotatable bonds is 5. The number of hydrogen-bond acceptors (Lipinski definition) is 3. The van der Waals surface area contributed by atoms with Crippen LogP contribution in [0.1, 0.15) is 259 Å². The van der Waals surface area contributed by atoms with Crippen LogP contribution in [0.2, 0.25) is 0 Å². The van der Waals surface area contributed by atoms with Crippen LogP contribution in [0.15, 0.2) is 121 Å². The Balaban J connectivity index is 1.23. The fourth-order valence-corrected chi connectivity index (χ4v) is 16.9. The molecular weight excluding hydrogens is 1040 g/mol. The van der Waals surface area contributed by atoms with Crippen LogP contribution in [0.4, 0.5) is 51.2 Å². The molecule has 86 heavy (non-hydrogen) atoms. The van der Waals surface area contributed by atoms with Crippen LogP contribution < -0.4 is 31.1 Å².